The lowest BCUT2D eigenvalue weighted by molar-refractivity contribution is -0.122. The van der Waals surface area contributed by atoms with Gasteiger partial charge in [-0.2, -0.15) is 0 Å². The van der Waals surface area contributed by atoms with E-state index in [0.29, 0.717) is 11.9 Å². The van der Waals surface area contributed by atoms with E-state index < -0.39 is 41.5 Å². The smallest absolute Gasteiger partial charge is 0.243 e. The van der Waals surface area contributed by atoms with Crippen LogP contribution in [0.3, 0.4) is 0 Å². The van der Waals surface area contributed by atoms with E-state index in [-0.39, 0.29) is 16.7 Å². The zero-order valence-electron chi connectivity index (χ0n) is 16.2. The largest absolute Gasteiger partial charge is 0.346 e. The highest BCUT2D eigenvalue weighted by Gasteiger charge is 2.15. The van der Waals surface area contributed by atoms with Crippen LogP contribution in [0.15, 0.2) is 41.6 Å². The summed E-state index contributed by atoms with van der Waals surface area (Å²) in [6, 6.07) is 7.39. The molecule has 0 saturated heterocycles. The van der Waals surface area contributed by atoms with Crippen LogP contribution in [0.4, 0.5) is 23.2 Å². The summed E-state index contributed by atoms with van der Waals surface area (Å²) in [6.45, 7) is -0.502. The summed E-state index contributed by atoms with van der Waals surface area (Å²) in [5.74, 6) is -5.99. The molecule has 0 bridgehead atoms. The van der Waals surface area contributed by atoms with E-state index in [2.05, 4.69) is 20.5 Å². The molecule has 1 heterocycles. The van der Waals surface area contributed by atoms with Gasteiger partial charge >= 0.3 is 0 Å². The summed E-state index contributed by atoms with van der Waals surface area (Å²) < 4.78 is 52.5. The summed E-state index contributed by atoms with van der Waals surface area (Å²) in [4.78, 5) is 27.8. The normalized spacial score (nSPS) is 11.0. The van der Waals surface area contributed by atoms with Crippen molar-refractivity contribution in [2.45, 2.75) is 5.16 Å². The van der Waals surface area contributed by atoms with Crippen molar-refractivity contribution >= 4 is 41.4 Å². The first-order valence-electron chi connectivity index (χ1n) is 9.00. The number of rotatable bonds is 8. The Balaban J connectivity index is 1.43. The fourth-order valence-electron chi connectivity index (χ4n) is 2.32. The standard InChI is InChI=1S/C20H15F4N5O2S/c21-12-4-1-11(2-5-12)3-8-15-27-20(29-28-15)32-10-17(31)25-9-16(30)26-14-7-6-13(22)18(23)19(14)24/h1-8H,9-10H2,(H,25,31)(H,26,30)(H,27,28,29)/b8-3+. The molecule has 0 saturated carbocycles. The molecule has 0 aliphatic rings. The molecule has 1 aromatic heterocycles. The molecule has 0 aliphatic heterocycles. The lowest BCUT2D eigenvalue weighted by Gasteiger charge is -2.08. The van der Waals surface area contributed by atoms with Crippen molar-refractivity contribution in [3.63, 3.8) is 0 Å². The first-order chi connectivity index (χ1) is 15.3. The maximum absolute atomic E-state index is 13.5. The molecule has 7 nitrogen and oxygen atoms in total. The van der Waals surface area contributed by atoms with Crippen LogP contribution >= 0.6 is 11.8 Å². The lowest BCUT2D eigenvalue weighted by atomic mass is 10.2. The van der Waals surface area contributed by atoms with Crippen LogP contribution in [0.1, 0.15) is 11.4 Å². The zero-order valence-corrected chi connectivity index (χ0v) is 17.0. The fraction of sp³-hybridized carbons (Fsp3) is 0.100. The average molecular weight is 465 g/mol. The molecule has 0 spiro atoms. The highest BCUT2D eigenvalue weighted by molar-refractivity contribution is 7.99. The zero-order chi connectivity index (χ0) is 23.1. The van der Waals surface area contributed by atoms with Crippen LogP contribution in [-0.4, -0.2) is 39.3 Å². The number of nitrogens with zero attached hydrogens (tertiary/aromatic N) is 2. The third-order valence-electron chi connectivity index (χ3n) is 3.87. The van der Waals surface area contributed by atoms with Crippen LogP contribution in [-0.2, 0) is 9.59 Å². The molecule has 12 heteroatoms. The lowest BCUT2D eigenvalue weighted by Crippen LogP contribution is -2.34. The quantitative estimate of drug-likeness (QED) is 0.269. The van der Waals surface area contributed by atoms with Crippen LogP contribution in [0.25, 0.3) is 12.2 Å². The Labute approximate surface area is 183 Å². The van der Waals surface area contributed by atoms with Gasteiger partial charge < -0.3 is 10.6 Å². The van der Waals surface area contributed by atoms with Crippen molar-refractivity contribution < 1.29 is 27.2 Å². The Bertz CT molecular complexity index is 1150. The number of hydrogen-bond donors (Lipinski definition) is 3. The molecule has 3 aromatic rings. The predicted molar refractivity (Wildman–Crippen MR) is 110 cm³/mol. The molecular formula is C20H15F4N5O2S. The number of anilines is 1. The number of aromatic amines is 1. The van der Waals surface area contributed by atoms with Gasteiger partial charge in [-0.25, -0.2) is 22.5 Å². The first kappa shape index (κ1) is 23.0. The number of halogens is 4. The monoisotopic (exact) mass is 465 g/mol. The minimum absolute atomic E-state index is 0.105. The Morgan fingerprint density at radius 3 is 2.47 bits per heavy atom. The molecule has 3 rings (SSSR count). The van der Waals surface area contributed by atoms with Gasteiger partial charge in [0.1, 0.15) is 11.6 Å². The number of nitrogens with one attached hydrogen (secondary N) is 3. The number of hydrogen-bond acceptors (Lipinski definition) is 5. The molecule has 0 radical (unpaired) electrons. The average Bonchev–Trinajstić information content (AvgIpc) is 3.24. The van der Waals surface area contributed by atoms with Crippen molar-refractivity contribution in [3.8, 4) is 0 Å². The number of aromatic nitrogens is 3. The topological polar surface area (TPSA) is 99.8 Å². The van der Waals surface area contributed by atoms with Gasteiger partial charge in [0.2, 0.25) is 17.0 Å². The van der Waals surface area contributed by atoms with Crippen molar-refractivity contribution in [2.24, 2.45) is 0 Å². The molecule has 3 N–H and O–H groups in total. The molecule has 2 aromatic carbocycles. The van der Waals surface area contributed by atoms with Crippen molar-refractivity contribution in [1.82, 2.24) is 20.5 Å². The van der Waals surface area contributed by atoms with Gasteiger partial charge in [-0.1, -0.05) is 30.0 Å². The summed E-state index contributed by atoms with van der Waals surface area (Å²) in [7, 11) is 0. The van der Waals surface area contributed by atoms with Gasteiger partial charge in [-0.3, -0.25) is 14.7 Å². The molecule has 2 amide bonds. The van der Waals surface area contributed by atoms with Crippen molar-refractivity contribution in [2.75, 3.05) is 17.6 Å². The van der Waals surface area contributed by atoms with E-state index in [1.807, 2.05) is 5.32 Å². The van der Waals surface area contributed by atoms with Gasteiger partial charge in [-0.05, 0) is 35.9 Å². The van der Waals surface area contributed by atoms with Crippen LogP contribution in [0.5, 0.6) is 0 Å². The molecule has 0 unspecified atom stereocenters. The second-order valence-electron chi connectivity index (χ2n) is 6.22. The third-order valence-corrected chi connectivity index (χ3v) is 4.72. The van der Waals surface area contributed by atoms with Crippen LogP contribution in [0, 0.1) is 23.3 Å². The second-order valence-corrected chi connectivity index (χ2v) is 7.17. The van der Waals surface area contributed by atoms with Gasteiger partial charge in [0.05, 0.1) is 18.0 Å². The number of benzene rings is 2. The van der Waals surface area contributed by atoms with Crippen LogP contribution < -0.4 is 10.6 Å². The van der Waals surface area contributed by atoms with Gasteiger partial charge in [0.15, 0.2) is 17.5 Å². The van der Waals surface area contributed by atoms with E-state index in [1.165, 1.54) is 12.1 Å². The Morgan fingerprint density at radius 1 is 0.969 bits per heavy atom. The number of carbonyl (C=O) groups excluding carboxylic acids is 2. The Kier molecular flexibility index (Phi) is 7.60. The SMILES string of the molecule is O=C(CSc1n[nH]c(/C=C/c2ccc(F)cc2)n1)NCC(=O)Nc1ccc(F)c(F)c1F. The van der Waals surface area contributed by atoms with Crippen molar-refractivity contribution in [3.05, 3.63) is 71.1 Å². The summed E-state index contributed by atoms with van der Waals surface area (Å²) >= 11 is 1.00. The molecule has 32 heavy (non-hydrogen) atoms. The molecule has 0 aliphatic carbocycles. The van der Waals surface area contributed by atoms with E-state index in [0.717, 1.165) is 23.4 Å². The first-order valence-corrected chi connectivity index (χ1v) is 9.99. The number of amides is 2. The van der Waals surface area contributed by atoms with Crippen molar-refractivity contribution in [1.29, 1.82) is 0 Å². The molecule has 0 atom stereocenters. The predicted octanol–water partition coefficient (Wildman–Crippen LogP) is 3.38. The second kappa shape index (κ2) is 10.6. The summed E-state index contributed by atoms with van der Waals surface area (Å²) in [6.07, 6.45) is 3.33. The Morgan fingerprint density at radius 2 is 1.72 bits per heavy atom. The fourth-order valence-corrected chi connectivity index (χ4v) is 2.96. The number of H-pyrrole nitrogens is 1. The summed E-state index contributed by atoms with van der Waals surface area (Å²) in [5.41, 5.74) is 0.220. The third kappa shape index (κ3) is 6.41. The van der Waals surface area contributed by atoms with E-state index in [1.54, 1.807) is 24.3 Å². The number of carbonyl (C=O) groups is 2. The number of thioether (sulfide) groups is 1. The maximum Gasteiger partial charge on any atom is 0.243 e. The summed E-state index contributed by atoms with van der Waals surface area (Å²) in [5, 5.41) is 11.2. The highest BCUT2D eigenvalue weighted by Crippen LogP contribution is 2.19. The van der Waals surface area contributed by atoms with Crippen LogP contribution in [0.2, 0.25) is 0 Å². The molecule has 0 fully saturated rings. The van der Waals surface area contributed by atoms with E-state index >= 15 is 0 Å². The minimum Gasteiger partial charge on any atom is -0.346 e. The molecular weight excluding hydrogens is 450 g/mol. The molecule has 166 valence electrons. The van der Waals surface area contributed by atoms with Gasteiger partial charge in [0, 0.05) is 0 Å². The van der Waals surface area contributed by atoms with Gasteiger partial charge in [-0.15, -0.1) is 5.10 Å². The highest BCUT2D eigenvalue weighted by atomic mass is 32.2. The Hall–Kier alpha value is -3.67. The van der Waals surface area contributed by atoms with E-state index in [4.69, 9.17) is 0 Å². The van der Waals surface area contributed by atoms with E-state index in [9.17, 15) is 27.2 Å². The minimum atomic E-state index is -1.71. The van der Waals surface area contributed by atoms with Gasteiger partial charge in [0.25, 0.3) is 0 Å². The maximum atomic E-state index is 13.5.